The van der Waals surface area contributed by atoms with Gasteiger partial charge in [-0.15, -0.1) is 0 Å². The molecule has 3 aromatic rings. The van der Waals surface area contributed by atoms with Crippen LogP contribution in [-0.4, -0.2) is 29.7 Å². The van der Waals surface area contributed by atoms with Gasteiger partial charge in [0, 0.05) is 17.3 Å². The van der Waals surface area contributed by atoms with Gasteiger partial charge in [-0.05, 0) is 60.7 Å². The normalized spacial score (nSPS) is 10.4. The van der Waals surface area contributed by atoms with E-state index in [2.05, 4.69) is 4.98 Å². The van der Waals surface area contributed by atoms with E-state index >= 15 is 0 Å². The fraction of sp³-hybridized carbons (Fsp3) is 0.105. The van der Waals surface area contributed by atoms with Gasteiger partial charge in [-0.3, -0.25) is 4.79 Å². The van der Waals surface area contributed by atoms with Crippen LogP contribution in [0.25, 0.3) is 11.3 Å². The largest absolute Gasteiger partial charge is 0.497 e. The van der Waals surface area contributed by atoms with Gasteiger partial charge in [-0.25, -0.2) is 9.66 Å². The summed E-state index contributed by atoms with van der Waals surface area (Å²) in [5.41, 5.74) is 2.07. The summed E-state index contributed by atoms with van der Waals surface area (Å²) in [5, 5.41) is 0. The number of benzene rings is 2. The molecule has 3 rings (SSSR count). The SMILES string of the molecule is COc1ccc(C(=O)c2cn(N)c(=S)nc2-c2ccc(OC)cc2)cc1. The van der Waals surface area contributed by atoms with Crippen LogP contribution in [0, 0.1) is 4.77 Å². The highest BCUT2D eigenvalue weighted by Crippen LogP contribution is 2.26. The summed E-state index contributed by atoms with van der Waals surface area (Å²) < 4.78 is 11.7. The topological polar surface area (TPSA) is 79.4 Å². The molecule has 2 aromatic carbocycles. The van der Waals surface area contributed by atoms with Crippen molar-refractivity contribution < 1.29 is 14.3 Å². The van der Waals surface area contributed by atoms with Crippen molar-refractivity contribution in [1.82, 2.24) is 9.66 Å². The summed E-state index contributed by atoms with van der Waals surface area (Å²) in [6.07, 6.45) is 1.50. The summed E-state index contributed by atoms with van der Waals surface area (Å²) >= 11 is 5.16. The number of carbonyl (C=O) groups is 1. The molecule has 0 saturated carbocycles. The Labute approximate surface area is 155 Å². The van der Waals surface area contributed by atoms with E-state index in [0.29, 0.717) is 28.3 Å². The third-order valence-corrected chi connectivity index (χ3v) is 4.21. The molecule has 0 amide bonds. The summed E-state index contributed by atoms with van der Waals surface area (Å²) in [6, 6.07) is 14.1. The van der Waals surface area contributed by atoms with Crippen LogP contribution in [0.3, 0.4) is 0 Å². The van der Waals surface area contributed by atoms with Crippen LogP contribution in [0.1, 0.15) is 15.9 Å². The molecule has 7 heteroatoms. The van der Waals surface area contributed by atoms with Gasteiger partial charge in [0.2, 0.25) is 4.77 Å². The quantitative estimate of drug-likeness (QED) is 0.424. The maximum Gasteiger partial charge on any atom is 0.218 e. The Hall–Kier alpha value is -3.19. The molecule has 132 valence electrons. The number of ketones is 1. The number of methoxy groups -OCH3 is 2. The summed E-state index contributed by atoms with van der Waals surface area (Å²) in [5.74, 6) is 7.00. The highest BCUT2D eigenvalue weighted by atomic mass is 32.1. The molecule has 1 aromatic heterocycles. The lowest BCUT2D eigenvalue weighted by Crippen LogP contribution is -2.16. The number of carbonyl (C=O) groups excluding carboxylic acids is 1. The van der Waals surface area contributed by atoms with Crippen molar-refractivity contribution in [3.63, 3.8) is 0 Å². The molecule has 0 aliphatic rings. The summed E-state index contributed by atoms with van der Waals surface area (Å²) in [6.45, 7) is 0. The Kier molecular flexibility index (Phi) is 4.99. The smallest absolute Gasteiger partial charge is 0.218 e. The highest BCUT2D eigenvalue weighted by Gasteiger charge is 2.18. The number of hydrogen-bond donors (Lipinski definition) is 1. The van der Waals surface area contributed by atoms with E-state index in [1.165, 1.54) is 10.9 Å². The fourth-order valence-corrected chi connectivity index (χ4v) is 2.65. The van der Waals surface area contributed by atoms with Crippen LogP contribution in [0.4, 0.5) is 0 Å². The van der Waals surface area contributed by atoms with E-state index < -0.39 is 0 Å². The van der Waals surface area contributed by atoms with Gasteiger partial charge in [0.05, 0.1) is 25.5 Å². The first-order valence-electron chi connectivity index (χ1n) is 7.75. The zero-order valence-corrected chi connectivity index (χ0v) is 15.1. The fourth-order valence-electron chi connectivity index (χ4n) is 2.50. The number of nitrogen functional groups attached to an aromatic ring is 1. The van der Waals surface area contributed by atoms with E-state index in [1.54, 1.807) is 50.6 Å². The van der Waals surface area contributed by atoms with Gasteiger partial charge >= 0.3 is 0 Å². The Morgan fingerprint density at radius 2 is 1.54 bits per heavy atom. The van der Waals surface area contributed by atoms with Crippen molar-refractivity contribution >= 4 is 18.0 Å². The standard InChI is InChI=1S/C19H17N3O3S/c1-24-14-7-3-12(4-8-14)17-16(11-22(20)19(26)21-17)18(23)13-5-9-15(25-2)10-6-13/h3-11H,20H2,1-2H3. The number of nitrogens with zero attached hydrogens (tertiary/aromatic N) is 2. The molecule has 6 nitrogen and oxygen atoms in total. The zero-order valence-electron chi connectivity index (χ0n) is 14.3. The molecule has 1 heterocycles. The van der Waals surface area contributed by atoms with E-state index in [0.717, 1.165) is 5.56 Å². The molecule has 0 saturated heterocycles. The number of hydrogen-bond acceptors (Lipinski definition) is 6. The van der Waals surface area contributed by atoms with Crippen molar-refractivity contribution in [1.29, 1.82) is 0 Å². The lowest BCUT2D eigenvalue weighted by atomic mass is 9.99. The summed E-state index contributed by atoms with van der Waals surface area (Å²) in [4.78, 5) is 17.4. The second-order valence-corrected chi connectivity index (χ2v) is 5.84. The van der Waals surface area contributed by atoms with Gasteiger partial charge in [0.15, 0.2) is 5.78 Å². The van der Waals surface area contributed by atoms with Crippen LogP contribution in [0.15, 0.2) is 54.7 Å². The van der Waals surface area contributed by atoms with E-state index in [1.807, 2.05) is 12.1 Å². The Morgan fingerprint density at radius 3 is 2.08 bits per heavy atom. The molecular weight excluding hydrogens is 350 g/mol. The summed E-state index contributed by atoms with van der Waals surface area (Å²) in [7, 11) is 3.16. The van der Waals surface area contributed by atoms with E-state index in [9.17, 15) is 4.79 Å². The maximum atomic E-state index is 13.0. The lowest BCUT2D eigenvalue weighted by Gasteiger charge is -2.11. The Bertz CT molecular complexity index is 996. The number of aromatic nitrogens is 2. The minimum Gasteiger partial charge on any atom is -0.497 e. The second kappa shape index (κ2) is 7.37. The number of nitrogens with two attached hydrogens (primary N) is 1. The molecule has 0 radical (unpaired) electrons. The van der Waals surface area contributed by atoms with Crippen molar-refractivity contribution in [3.05, 3.63) is 70.6 Å². The molecule has 0 spiro atoms. The zero-order chi connectivity index (χ0) is 18.7. The molecule has 26 heavy (non-hydrogen) atoms. The molecule has 2 N–H and O–H groups in total. The molecule has 0 aliphatic heterocycles. The van der Waals surface area contributed by atoms with E-state index in [-0.39, 0.29) is 10.6 Å². The van der Waals surface area contributed by atoms with Crippen LogP contribution in [0.2, 0.25) is 0 Å². The average molecular weight is 367 g/mol. The number of rotatable bonds is 5. The van der Waals surface area contributed by atoms with Crippen molar-refractivity contribution in [3.8, 4) is 22.8 Å². The molecule has 0 fully saturated rings. The Morgan fingerprint density at radius 1 is 1.00 bits per heavy atom. The van der Waals surface area contributed by atoms with Gasteiger partial charge in [0.1, 0.15) is 11.5 Å². The van der Waals surface area contributed by atoms with Crippen LogP contribution in [0.5, 0.6) is 11.5 Å². The van der Waals surface area contributed by atoms with Gasteiger partial charge in [-0.1, -0.05) is 0 Å². The van der Waals surface area contributed by atoms with Crippen molar-refractivity contribution in [2.24, 2.45) is 0 Å². The molecule has 0 aliphatic carbocycles. The van der Waals surface area contributed by atoms with Gasteiger partial charge in [0.25, 0.3) is 0 Å². The first-order chi connectivity index (χ1) is 12.5. The molecule has 0 unspecified atom stereocenters. The van der Waals surface area contributed by atoms with Crippen molar-refractivity contribution in [2.75, 3.05) is 20.1 Å². The number of ether oxygens (including phenoxy) is 2. The van der Waals surface area contributed by atoms with Gasteiger partial charge < -0.3 is 15.3 Å². The first-order valence-corrected chi connectivity index (χ1v) is 8.16. The second-order valence-electron chi connectivity index (χ2n) is 5.48. The third kappa shape index (κ3) is 3.43. The van der Waals surface area contributed by atoms with Crippen LogP contribution in [-0.2, 0) is 0 Å². The predicted octanol–water partition coefficient (Wildman–Crippen LogP) is 3.24. The molecule has 0 atom stereocenters. The van der Waals surface area contributed by atoms with E-state index in [4.69, 9.17) is 27.5 Å². The average Bonchev–Trinajstić information content (AvgIpc) is 2.69. The van der Waals surface area contributed by atoms with Crippen LogP contribution >= 0.6 is 12.2 Å². The lowest BCUT2D eigenvalue weighted by molar-refractivity contribution is 0.103. The predicted molar refractivity (Wildman–Crippen MR) is 102 cm³/mol. The molecular formula is C19H17N3O3S. The third-order valence-electron chi connectivity index (χ3n) is 3.91. The minimum absolute atomic E-state index is 0.182. The van der Waals surface area contributed by atoms with Crippen LogP contribution < -0.4 is 15.3 Å². The van der Waals surface area contributed by atoms with Gasteiger partial charge in [-0.2, -0.15) is 0 Å². The maximum absolute atomic E-state index is 13.0. The Balaban J connectivity index is 2.11. The molecule has 0 bridgehead atoms. The minimum atomic E-state index is -0.208. The monoisotopic (exact) mass is 367 g/mol. The van der Waals surface area contributed by atoms with Crippen molar-refractivity contribution in [2.45, 2.75) is 0 Å². The first kappa shape index (κ1) is 17.6. The highest BCUT2D eigenvalue weighted by molar-refractivity contribution is 7.71.